The standard InChI is InChI=1S/C21H22N4O2/c1-14(2)15-8-10-16(11-9-15)23-20(26)18-12-13-22-21(25-18)24-17-6-4-5-7-19(17)27-3/h4-14H,1-3H3,(H,23,26)(H,22,24,25). The van der Waals surface area contributed by atoms with Gasteiger partial charge in [0.2, 0.25) is 5.95 Å². The van der Waals surface area contributed by atoms with Gasteiger partial charge in [0.15, 0.2) is 0 Å². The summed E-state index contributed by atoms with van der Waals surface area (Å²) in [5.41, 5.74) is 2.94. The van der Waals surface area contributed by atoms with Crippen LogP contribution in [0.15, 0.2) is 60.8 Å². The molecule has 3 aromatic rings. The van der Waals surface area contributed by atoms with Crippen molar-refractivity contribution < 1.29 is 9.53 Å². The summed E-state index contributed by atoms with van der Waals surface area (Å²) in [4.78, 5) is 21.0. The third-order valence-electron chi connectivity index (χ3n) is 4.08. The number of hydrogen-bond donors (Lipinski definition) is 2. The molecule has 0 aliphatic carbocycles. The topological polar surface area (TPSA) is 76.1 Å². The minimum Gasteiger partial charge on any atom is -0.495 e. The molecule has 1 aromatic heterocycles. The van der Waals surface area contributed by atoms with E-state index in [1.807, 2.05) is 48.5 Å². The van der Waals surface area contributed by atoms with Gasteiger partial charge in [-0.25, -0.2) is 9.97 Å². The average Bonchev–Trinajstić information content (AvgIpc) is 2.69. The first-order valence-corrected chi connectivity index (χ1v) is 8.71. The Balaban J connectivity index is 1.73. The van der Waals surface area contributed by atoms with Gasteiger partial charge < -0.3 is 15.4 Å². The Bertz CT molecular complexity index is 923. The highest BCUT2D eigenvalue weighted by Gasteiger charge is 2.11. The molecule has 0 spiro atoms. The summed E-state index contributed by atoms with van der Waals surface area (Å²) in [5, 5.41) is 5.93. The predicted molar refractivity (Wildman–Crippen MR) is 107 cm³/mol. The highest BCUT2D eigenvalue weighted by atomic mass is 16.5. The van der Waals surface area contributed by atoms with Crippen molar-refractivity contribution in [2.75, 3.05) is 17.7 Å². The van der Waals surface area contributed by atoms with Crippen LogP contribution in [0.3, 0.4) is 0 Å². The normalized spacial score (nSPS) is 10.5. The quantitative estimate of drug-likeness (QED) is 0.670. The van der Waals surface area contributed by atoms with Crippen LogP contribution in [0.2, 0.25) is 0 Å². The first-order valence-electron chi connectivity index (χ1n) is 8.71. The van der Waals surface area contributed by atoms with Gasteiger partial charge in [0.25, 0.3) is 5.91 Å². The number of hydrogen-bond acceptors (Lipinski definition) is 5. The van der Waals surface area contributed by atoms with Crippen molar-refractivity contribution in [3.8, 4) is 5.75 Å². The summed E-state index contributed by atoms with van der Waals surface area (Å²) in [5.74, 6) is 1.14. The Morgan fingerprint density at radius 2 is 1.78 bits per heavy atom. The van der Waals surface area contributed by atoms with Crippen LogP contribution in [0.5, 0.6) is 5.75 Å². The van der Waals surface area contributed by atoms with E-state index in [2.05, 4.69) is 34.4 Å². The van der Waals surface area contributed by atoms with Gasteiger partial charge in [0, 0.05) is 11.9 Å². The molecule has 2 N–H and O–H groups in total. The Morgan fingerprint density at radius 3 is 2.48 bits per heavy atom. The lowest BCUT2D eigenvalue weighted by atomic mass is 10.0. The van der Waals surface area contributed by atoms with Gasteiger partial charge in [0.05, 0.1) is 12.8 Å². The number of methoxy groups -OCH3 is 1. The van der Waals surface area contributed by atoms with Gasteiger partial charge in [-0.05, 0) is 41.8 Å². The van der Waals surface area contributed by atoms with Crippen molar-refractivity contribution in [2.45, 2.75) is 19.8 Å². The SMILES string of the molecule is COc1ccccc1Nc1nccc(C(=O)Nc2ccc(C(C)C)cc2)n1. The summed E-state index contributed by atoms with van der Waals surface area (Å²) in [7, 11) is 1.59. The third-order valence-corrected chi connectivity index (χ3v) is 4.08. The number of nitrogens with one attached hydrogen (secondary N) is 2. The molecule has 27 heavy (non-hydrogen) atoms. The van der Waals surface area contributed by atoms with Crippen LogP contribution in [0.1, 0.15) is 35.8 Å². The molecule has 1 heterocycles. The number of ether oxygens (including phenoxy) is 1. The summed E-state index contributed by atoms with van der Waals surface area (Å²) < 4.78 is 5.30. The van der Waals surface area contributed by atoms with E-state index in [4.69, 9.17) is 4.74 Å². The zero-order valence-electron chi connectivity index (χ0n) is 15.6. The lowest BCUT2D eigenvalue weighted by molar-refractivity contribution is 0.102. The minimum absolute atomic E-state index is 0.273. The van der Waals surface area contributed by atoms with E-state index >= 15 is 0 Å². The van der Waals surface area contributed by atoms with Gasteiger partial charge in [0.1, 0.15) is 11.4 Å². The van der Waals surface area contributed by atoms with E-state index in [1.54, 1.807) is 19.4 Å². The molecule has 0 radical (unpaired) electrons. The van der Waals surface area contributed by atoms with Crippen LogP contribution < -0.4 is 15.4 Å². The molecule has 2 aromatic carbocycles. The molecule has 0 bridgehead atoms. The number of carbonyl (C=O) groups is 1. The van der Waals surface area contributed by atoms with Crippen molar-refractivity contribution in [1.29, 1.82) is 0 Å². The molecule has 6 nitrogen and oxygen atoms in total. The number of rotatable bonds is 6. The fourth-order valence-electron chi connectivity index (χ4n) is 2.56. The number of amides is 1. The predicted octanol–water partition coefficient (Wildman–Crippen LogP) is 4.60. The molecule has 138 valence electrons. The molecule has 6 heteroatoms. The van der Waals surface area contributed by atoms with Crippen LogP contribution in [-0.4, -0.2) is 23.0 Å². The number of nitrogens with zero attached hydrogens (tertiary/aromatic N) is 2. The molecule has 0 aliphatic rings. The van der Waals surface area contributed by atoms with Crippen molar-refractivity contribution in [3.63, 3.8) is 0 Å². The Labute approximate surface area is 158 Å². The van der Waals surface area contributed by atoms with Gasteiger partial charge in [-0.15, -0.1) is 0 Å². The van der Waals surface area contributed by atoms with Gasteiger partial charge in [-0.1, -0.05) is 38.1 Å². The molecular weight excluding hydrogens is 340 g/mol. The Kier molecular flexibility index (Phi) is 5.66. The van der Waals surface area contributed by atoms with Gasteiger partial charge >= 0.3 is 0 Å². The van der Waals surface area contributed by atoms with E-state index < -0.39 is 0 Å². The molecule has 3 rings (SSSR count). The highest BCUT2D eigenvalue weighted by molar-refractivity contribution is 6.03. The minimum atomic E-state index is -0.294. The number of carbonyl (C=O) groups excluding carboxylic acids is 1. The molecular formula is C21H22N4O2. The number of para-hydroxylation sites is 2. The van der Waals surface area contributed by atoms with Crippen LogP contribution >= 0.6 is 0 Å². The van der Waals surface area contributed by atoms with Crippen LogP contribution in [0.25, 0.3) is 0 Å². The first kappa shape index (κ1) is 18.4. The lowest BCUT2D eigenvalue weighted by Crippen LogP contribution is -2.14. The third kappa shape index (κ3) is 4.61. The second kappa shape index (κ2) is 8.31. The first-order chi connectivity index (χ1) is 13.1. The fraction of sp³-hybridized carbons (Fsp3) is 0.190. The fourth-order valence-corrected chi connectivity index (χ4v) is 2.56. The van der Waals surface area contributed by atoms with Crippen LogP contribution in [0.4, 0.5) is 17.3 Å². The maximum atomic E-state index is 12.5. The van der Waals surface area contributed by atoms with E-state index in [-0.39, 0.29) is 11.6 Å². The van der Waals surface area contributed by atoms with Gasteiger partial charge in [-0.2, -0.15) is 0 Å². The number of benzene rings is 2. The van der Waals surface area contributed by atoms with E-state index in [0.29, 0.717) is 17.6 Å². The molecule has 0 atom stereocenters. The smallest absolute Gasteiger partial charge is 0.274 e. The molecule has 0 aliphatic heterocycles. The van der Waals surface area contributed by atoms with Crippen LogP contribution in [-0.2, 0) is 0 Å². The summed E-state index contributed by atoms with van der Waals surface area (Å²) in [6, 6.07) is 16.8. The maximum absolute atomic E-state index is 12.5. The van der Waals surface area contributed by atoms with Crippen molar-refractivity contribution in [3.05, 3.63) is 72.1 Å². The summed E-state index contributed by atoms with van der Waals surface area (Å²) >= 11 is 0. The van der Waals surface area contributed by atoms with Crippen molar-refractivity contribution in [1.82, 2.24) is 9.97 Å². The monoisotopic (exact) mass is 362 g/mol. The van der Waals surface area contributed by atoms with Crippen molar-refractivity contribution >= 4 is 23.2 Å². The molecule has 0 saturated heterocycles. The van der Waals surface area contributed by atoms with Crippen molar-refractivity contribution in [2.24, 2.45) is 0 Å². The zero-order valence-corrected chi connectivity index (χ0v) is 15.6. The number of anilines is 3. The summed E-state index contributed by atoms with van der Waals surface area (Å²) in [6.07, 6.45) is 1.54. The Hall–Kier alpha value is -3.41. The number of aromatic nitrogens is 2. The van der Waals surface area contributed by atoms with E-state index in [9.17, 15) is 4.79 Å². The molecule has 0 saturated carbocycles. The average molecular weight is 362 g/mol. The lowest BCUT2D eigenvalue weighted by Gasteiger charge is -2.11. The largest absolute Gasteiger partial charge is 0.495 e. The second-order valence-electron chi connectivity index (χ2n) is 6.32. The van der Waals surface area contributed by atoms with Gasteiger partial charge in [-0.3, -0.25) is 4.79 Å². The second-order valence-corrected chi connectivity index (χ2v) is 6.32. The van der Waals surface area contributed by atoms with Crippen LogP contribution in [0, 0.1) is 0 Å². The zero-order chi connectivity index (χ0) is 19.2. The Morgan fingerprint density at radius 1 is 1.04 bits per heavy atom. The maximum Gasteiger partial charge on any atom is 0.274 e. The molecule has 0 unspecified atom stereocenters. The van der Waals surface area contributed by atoms with E-state index in [1.165, 1.54) is 5.56 Å². The molecule has 1 amide bonds. The molecule has 0 fully saturated rings. The summed E-state index contributed by atoms with van der Waals surface area (Å²) in [6.45, 7) is 4.26. The highest BCUT2D eigenvalue weighted by Crippen LogP contribution is 2.25. The van der Waals surface area contributed by atoms with E-state index in [0.717, 1.165) is 11.4 Å².